The van der Waals surface area contributed by atoms with Gasteiger partial charge in [0.25, 0.3) is 0 Å². The molecular weight excluding hydrogens is 206 g/mol. The zero-order valence-corrected chi connectivity index (χ0v) is 10.1. The van der Waals surface area contributed by atoms with Crippen molar-refractivity contribution in [3.63, 3.8) is 0 Å². The average molecular weight is 224 g/mol. The second kappa shape index (κ2) is 5.94. The van der Waals surface area contributed by atoms with Gasteiger partial charge in [-0.1, -0.05) is 29.3 Å². The largest absolute Gasteiger partial charge is 0.316 e. The van der Waals surface area contributed by atoms with Crippen molar-refractivity contribution in [2.45, 2.75) is 25.8 Å². The van der Waals surface area contributed by atoms with Crippen molar-refractivity contribution in [3.05, 3.63) is 47.0 Å². The molecule has 0 radical (unpaired) electrons. The van der Waals surface area contributed by atoms with Crippen LogP contribution in [-0.2, 0) is 6.42 Å². The van der Waals surface area contributed by atoms with E-state index in [1.807, 2.05) is 25.2 Å². The minimum absolute atomic E-state index is 0.445. The van der Waals surface area contributed by atoms with E-state index >= 15 is 0 Å². The van der Waals surface area contributed by atoms with Crippen LogP contribution in [-0.4, -0.2) is 13.1 Å². The van der Waals surface area contributed by atoms with Crippen LogP contribution in [0.2, 0.25) is 5.02 Å². The SMILES string of the molecule is C=C(C)CC(Cc1cccc(Cl)c1)NC. The number of hydrogen-bond donors (Lipinski definition) is 1. The minimum Gasteiger partial charge on any atom is -0.316 e. The fraction of sp³-hybridized carbons (Fsp3) is 0.385. The molecule has 2 heteroatoms. The van der Waals surface area contributed by atoms with E-state index in [1.54, 1.807) is 0 Å². The first kappa shape index (κ1) is 12.3. The van der Waals surface area contributed by atoms with Crippen LogP contribution in [0.25, 0.3) is 0 Å². The lowest BCUT2D eigenvalue weighted by atomic mass is 10.0. The third-order valence-corrected chi connectivity index (χ3v) is 2.61. The van der Waals surface area contributed by atoms with Gasteiger partial charge in [0.2, 0.25) is 0 Å². The number of nitrogens with one attached hydrogen (secondary N) is 1. The van der Waals surface area contributed by atoms with E-state index in [2.05, 4.69) is 24.9 Å². The number of rotatable bonds is 5. The van der Waals surface area contributed by atoms with Crippen molar-refractivity contribution in [3.8, 4) is 0 Å². The highest BCUT2D eigenvalue weighted by Gasteiger charge is 2.07. The lowest BCUT2D eigenvalue weighted by Gasteiger charge is -2.16. The van der Waals surface area contributed by atoms with Crippen molar-refractivity contribution in [1.29, 1.82) is 0 Å². The molecule has 0 saturated heterocycles. The van der Waals surface area contributed by atoms with E-state index in [-0.39, 0.29) is 0 Å². The molecule has 82 valence electrons. The summed E-state index contributed by atoms with van der Waals surface area (Å²) in [5.74, 6) is 0. The smallest absolute Gasteiger partial charge is 0.0408 e. The molecule has 1 aromatic carbocycles. The molecule has 0 heterocycles. The Bertz CT molecular complexity index is 333. The predicted octanol–water partition coefficient (Wildman–Crippen LogP) is 3.44. The van der Waals surface area contributed by atoms with Gasteiger partial charge in [-0.3, -0.25) is 0 Å². The summed E-state index contributed by atoms with van der Waals surface area (Å²) in [5, 5.41) is 4.10. The Morgan fingerprint density at radius 1 is 1.53 bits per heavy atom. The van der Waals surface area contributed by atoms with Crippen LogP contribution in [0.1, 0.15) is 18.9 Å². The molecule has 1 unspecified atom stereocenters. The van der Waals surface area contributed by atoms with Gasteiger partial charge < -0.3 is 5.32 Å². The maximum absolute atomic E-state index is 5.94. The molecule has 1 rings (SSSR count). The number of benzene rings is 1. The monoisotopic (exact) mass is 223 g/mol. The van der Waals surface area contributed by atoms with Gasteiger partial charge in [0, 0.05) is 11.1 Å². The highest BCUT2D eigenvalue weighted by molar-refractivity contribution is 6.30. The molecule has 1 N–H and O–H groups in total. The van der Waals surface area contributed by atoms with Gasteiger partial charge in [-0.2, -0.15) is 0 Å². The predicted molar refractivity (Wildman–Crippen MR) is 67.4 cm³/mol. The zero-order valence-electron chi connectivity index (χ0n) is 9.39. The fourth-order valence-electron chi connectivity index (χ4n) is 1.65. The topological polar surface area (TPSA) is 12.0 Å². The van der Waals surface area contributed by atoms with Crippen LogP contribution < -0.4 is 5.32 Å². The van der Waals surface area contributed by atoms with Crippen molar-refractivity contribution >= 4 is 11.6 Å². The van der Waals surface area contributed by atoms with E-state index < -0.39 is 0 Å². The molecule has 0 saturated carbocycles. The lowest BCUT2D eigenvalue weighted by Crippen LogP contribution is -2.27. The molecule has 0 aliphatic rings. The molecule has 0 bridgehead atoms. The van der Waals surface area contributed by atoms with Crippen LogP contribution in [0.4, 0.5) is 0 Å². The minimum atomic E-state index is 0.445. The Balaban J connectivity index is 2.62. The summed E-state index contributed by atoms with van der Waals surface area (Å²) >= 11 is 5.94. The Morgan fingerprint density at radius 3 is 2.80 bits per heavy atom. The molecule has 1 nitrogen and oxygen atoms in total. The Morgan fingerprint density at radius 2 is 2.27 bits per heavy atom. The maximum atomic E-state index is 5.94. The highest BCUT2D eigenvalue weighted by atomic mass is 35.5. The zero-order chi connectivity index (χ0) is 11.3. The van der Waals surface area contributed by atoms with Crippen molar-refractivity contribution in [2.24, 2.45) is 0 Å². The van der Waals surface area contributed by atoms with Gasteiger partial charge in [0.05, 0.1) is 0 Å². The van der Waals surface area contributed by atoms with Gasteiger partial charge in [-0.25, -0.2) is 0 Å². The standard InChI is InChI=1S/C13H18ClN/c1-10(2)7-13(15-3)9-11-5-4-6-12(14)8-11/h4-6,8,13,15H,1,7,9H2,2-3H3. The molecule has 0 spiro atoms. The third kappa shape index (κ3) is 4.50. The first-order valence-electron chi connectivity index (χ1n) is 5.18. The first-order valence-corrected chi connectivity index (χ1v) is 5.55. The van der Waals surface area contributed by atoms with Crippen molar-refractivity contribution in [2.75, 3.05) is 7.05 Å². The van der Waals surface area contributed by atoms with E-state index in [4.69, 9.17) is 11.6 Å². The average Bonchev–Trinajstić information content (AvgIpc) is 2.16. The Labute approximate surface area is 97.1 Å². The van der Waals surface area contributed by atoms with E-state index in [0.29, 0.717) is 6.04 Å². The first-order chi connectivity index (χ1) is 7.11. The molecule has 1 aromatic rings. The molecular formula is C13H18ClN. The molecule has 0 amide bonds. The van der Waals surface area contributed by atoms with Crippen LogP contribution in [0.5, 0.6) is 0 Å². The number of hydrogen-bond acceptors (Lipinski definition) is 1. The van der Waals surface area contributed by atoms with Gasteiger partial charge >= 0.3 is 0 Å². The molecule has 0 aliphatic carbocycles. The van der Waals surface area contributed by atoms with Gasteiger partial charge in [0.15, 0.2) is 0 Å². The Kier molecular flexibility index (Phi) is 4.86. The van der Waals surface area contributed by atoms with Gasteiger partial charge in [-0.15, -0.1) is 6.58 Å². The van der Waals surface area contributed by atoms with Gasteiger partial charge in [0.1, 0.15) is 0 Å². The summed E-state index contributed by atoms with van der Waals surface area (Å²) in [5.41, 5.74) is 2.47. The van der Waals surface area contributed by atoms with Crippen molar-refractivity contribution < 1.29 is 0 Å². The van der Waals surface area contributed by atoms with E-state index in [9.17, 15) is 0 Å². The number of halogens is 1. The molecule has 1 atom stereocenters. The van der Waals surface area contributed by atoms with Crippen LogP contribution in [0.3, 0.4) is 0 Å². The summed E-state index contributed by atoms with van der Waals surface area (Å²) in [6.45, 7) is 5.99. The van der Waals surface area contributed by atoms with E-state index in [0.717, 1.165) is 17.9 Å². The lowest BCUT2D eigenvalue weighted by molar-refractivity contribution is 0.555. The second-order valence-electron chi connectivity index (χ2n) is 3.98. The second-order valence-corrected chi connectivity index (χ2v) is 4.42. The quantitative estimate of drug-likeness (QED) is 0.755. The normalized spacial score (nSPS) is 12.5. The summed E-state index contributed by atoms with van der Waals surface area (Å²) in [7, 11) is 1.98. The van der Waals surface area contributed by atoms with Crippen LogP contribution in [0, 0.1) is 0 Å². The van der Waals surface area contributed by atoms with Crippen molar-refractivity contribution in [1.82, 2.24) is 5.32 Å². The summed E-state index contributed by atoms with van der Waals surface area (Å²) in [4.78, 5) is 0. The third-order valence-electron chi connectivity index (χ3n) is 2.37. The molecule has 0 aliphatic heterocycles. The maximum Gasteiger partial charge on any atom is 0.0408 e. The molecule has 0 fully saturated rings. The van der Waals surface area contributed by atoms with Gasteiger partial charge in [-0.05, 0) is 44.5 Å². The molecule has 0 aromatic heterocycles. The summed E-state index contributed by atoms with van der Waals surface area (Å²) in [6, 6.07) is 8.46. The number of likely N-dealkylation sites (N-methyl/N-ethyl adjacent to an activating group) is 1. The van der Waals surface area contributed by atoms with E-state index in [1.165, 1.54) is 11.1 Å². The highest BCUT2D eigenvalue weighted by Crippen LogP contribution is 2.14. The summed E-state index contributed by atoms with van der Waals surface area (Å²) < 4.78 is 0. The summed E-state index contributed by atoms with van der Waals surface area (Å²) in [6.07, 6.45) is 1.99. The Hall–Kier alpha value is -0.790. The fourth-order valence-corrected chi connectivity index (χ4v) is 1.86. The van der Waals surface area contributed by atoms with Crippen LogP contribution in [0.15, 0.2) is 36.4 Å². The molecule has 15 heavy (non-hydrogen) atoms. The van der Waals surface area contributed by atoms with Crippen LogP contribution >= 0.6 is 11.6 Å².